The summed E-state index contributed by atoms with van der Waals surface area (Å²) < 4.78 is 30.2. The van der Waals surface area contributed by atoms with Crippen LogP contribution in [0.25, 0.3) is 0 Å². The van der Waals surface area contributed by atoms with E-state index in [1.54, 1.807) is 6.92 Å². The van der Waals surface area contributed by atoms with Crippen LogP contribution in [0, 0.1) is 17.0 Å². The first-order valence-electron chi connectivity index (χ1n) is 5.45. The van der Waals surface area contributed by atoms with Crippen LogP contribution in [0.2, 0.25) is 0 Å². The average Bonchev–Trinajstić information content (AvgIpc) is 2.30. The fraction of sp³-hybridized carbons (Fsp3) is 0.455. The summed E-state index contributed by atoms with van der Waals surface area (Å²) in [6, 6.07) is 0.977. The lowest BCUT2D eigenvalue weighted by atomic mass is 10.1. The Morgan fingerprint density at radius 1 is 1.58 bits per heavy atom. The Morgan fingerprint density at radius 2 is 2.21 bits per heavy atom. The highest BCUT2D eigenvalue weighted by Crippen LogP contribution is 2.27. The van der Waals surface area contributed by atoms with Crippen LogP contribution in [0.4, 0.5) is 14.6 Å². The predicted octanol–water partition coefficient (Wildman–Crippen LogP) is 2.34. The molecule has 1 aromatic rings. The third kappa shape index (κ3) is 3.67. The summed E-state index contributed by atoms with van der Waals surface area (Å²) in [6.45, 7) is 2.97. The Bertz CT molecular complexity index is 506. The smallest absolute Gasteiger partial charge is 0.366 e. The minimum absolute atomic E-state index is 0.0212. The molecule has 104 valence electrons. The third-order valence-electron chi connectivity index (χ3n) is 2.32. The lowest BCUT2D eigenvalue weighted by Crippen LogP contribution is -2.12. The fourth-order valence-corrected chi connectivity index (χ4v) is 1.53. The number of nitro groups is 1. The lowest BCUT2D eigenvalue weighted by Gasteiger charge is -2.06. The molecule has 1 rings (SSSR count). The van der Waals surface area contributed by atoms with Crippen molar-refractivity contribution < 1.29 is 23.2 Å². The number of carbonyl (C=O) groups is 1. The Balaban J connectivity index is 3.21. The van der Waals surface area contributed by atoms with E-state index in [1.807, 2.05) is 0 Å². The SMILES string of the molecule is CCOC(=O)Cc1nc([N+](=O)[O-])c(C)cc1C(F)F. The highest BCUT2D eigenvalue weighted by atomic mass is 19.3. The standard InChI is InChI=1S/C11H12F2N2O4/c1-3-19-9(16)5-8-7(10(12)13)4-6(2)11(14-8)15(17)18/h4,10H,3,5H2,1-2H3. The maximum absolute atomic E-state index is 12.8. The number of pyridine rings is 1. The number of halogens is 2. The maximum Gasteiger partial charge on any atom is 0.366 e. The van der Waals surface area contributed by atoms with Crippen molar-refractivity contribution in [2.24, 2.45) is 0 Å². The van der Waals surface area contributed by atoms with Gasteiger partial charge in [0.15, 0.2) is 5.69 Å². The van der Waals surface area contributed by atoms with Crippen LogP contribution < -0.4 is 0 Å². The molecule has 1 heterocycles. The lowest BCUT2D eigenvalue weighted by molar-refractivity contribution is -0.390. The van der Waals surface area contributed by atoms with Crippen LogP contribution in [-0.4, -0.2) is 22.5 Å². The molecule has 0 saturated carbocycles. The number of rotatable bonds is 5. The zero-order valence-corrected chi connectivity index (χ0v) is 10.4. The maximum atomic E-state index is 12.8. The number of hydrogen-bond donors (Lipinski definition) is 0. The molecule has 0 radical (unpaired) electrons. The Morgan fingerprint density at radius 3 is 2.68 bits per heavy atom. The molecule has 0 bridgehead atoms. The highest BCUT2D eigenvalue weighted by Gasteiger charge is 2.26. The number of esters is 1. The number of aromatic nitrogens is 1. The summed E-state index contributed by atoms with van der Waals surface area (Å²) >= 11 is 0. The molecule has 0 aromatic carbocycles. The highest BCUT2D eigenvalue weighted by molar-refractivity contribution is 5.72. The van der Waals surface area contributed by atoms with Gasteiger partial charge in [-0.25, -0.2) is 8.78 Å². The van der Waals surface area contributed by atoms with E-state index >= 15 is 0 Å². The third-order valence-corrected chi connectivity index (χ3v) is 2.32. The van der Waals surface area contributed by atoms with Gasteiger partial charge >= 0.3 is 11.8 Å². The molecule has 19 heavy (non-hydrogen) atoms. The van der Waals surface area contributed by atoms with Gasteiger partial charge in [-0.15, -0.1) is 0 Å². The van der Waals surface area contributed by atoms with Crippen LogP contribution in [0.1, 0.15) is 30.2 Å². The van der Waals surface area contributed by atoms with E-state index in [4.69, 9.17) is 0 Å². The van der Waals surface area contributed by atoms with E-state index in [0.29, 0.717) is 0 Å². The molecule has 6 nitrogen and oxygen atoms in total. The summed E-state index contributed by atoms with van der Waals surface area (Å²) in [7, 11) is 0. The second kappa shape index (κ2) is 6.17. The molecule has 0 spiro atoms. The summed E-state index contributed by atoms with van der Waals surface area (Å²) in [6.07, 6.45) is -3.38. The van der Waals surface area contributed by atoms with E-state index in [0.717, 1.165) is 6.07 Å². The second-order valence-electron chi connectivity index (χ2n) is 3.70. The average molecular weight is 274 g/mol. The molecular weight excluding hydrogens is 262 g/mol. The van der Waals surface area contributed by atoms with Crippen LogP contribution in [0.15, 0.2) is 6.07 Å². The molecule has 0 N–H and O–H groups in total. The Kier molecular flexibility index (Phi) is 4.85. The number of aryl methyl sites for hydroxylation is 1. The molecule has 0 aliphatic heterocycles. The second-order valence-corrected chi connectivity index (χ2v) is 3.70. The number of carbonyl (C=O) groups excluding carboxylic acids is 1. The molecule has 1 aromatic heterocycles. The quantitative estimate of drug-likeness (QED) is 0.467. The molecule has 0 atom stereocenters. The van der Waals surface area contributed by atoms with Crippen molar-refractivity contribution in [2.75, 3.05) is 6.61 Å². The van der Waals surface area contributed by atoms with E-state index < -0.39 is 35.1 Å². The normalized spacial score (nSPS) is 10.6. The molecule has 0 aliphatic rings. The minimum Gasteiger partial charge on any atom is -0.466 e. The van der Waals surface area contributed by atoms with Crippen LogP contribution >= 0.6 is 0 Å². The Hall–Kier alpha value is -2.12. The van der Waals surface area contributed by atoms with Gasteiger partial charge in [0, 0.05) is 5.56 Å². The van der Waals surface area contributed by atoms with Crippen molar-refractivity contribution in [1.29, 1.82) is 0 Å². The van der Waals surface area contributed by atoms with Gasteiger partial charge < -0.3 is 14.9 Å². The van der Waals surface area contributed by atoms with Gasteiger partial charge in [0.2, 0.25) is 0 Å². The van der Waals surface area contributed by atoms with Crippen molar-refractivity contribution in [2.45, 2.75) is 26.7 Å². The van der Waals surface area contributed by atoms with Crippen molar-refractivity contribution in [3.8, 4) is 0 Å². The number of nitrogens with zero attached hydrogens (tertiary/aromatic N) is 2. The summed E-state index contributed by atoms with van der Waals surface area (Å²) in [5, 5.41) is 10.7. The fourth-order valence-electron chi connectivity index (χ4n) is 1.53. The molecular formula is C11H12F2N2O4. The molecule has 0 fully saturated rings. The molecule has 0 unspecified atom stereocenters. The monoisotopic (exact) mass is 274 g/mol. The predicted molar refractivity (Wildman–Crippen MR) is 60.9 cm³/mol. The van der Waals surface area contributed by atoms with E-state index in [-0.39, 0.29) is 17.9 Å². The number of ether oxygens (including phenoxy) is 1. The van der Waals surface area contributed by atoms with Gasteiger partial charge in [-0.1, -0.05) is 0 Å². The molecule has 0 saturated heterocycles. The van der Waals surface area contributed by atoms with Gasteiger partial charge in [-0.05, 0) is 29.8 Å². The van der Waals surface area contributed by atoms with Crippen molar-refractivity contribution in [1.82, 2.24) is 4.98 Å². The summed E-state index contributed by atoms with van der Waals surface area (Å²) in [5.41, 5.74) is -0.796. The minimum atomic E-state index is -2.86. The van der Waals surface area contributed by atoms with Crippen LogP contribution in [0.3, 0.4) is 0 Å². The number of hydrogen-bond acceptors (Lipinski definition) is 5. The van der Waals surface area contributed by atoms with Gasteiger partial charge in [-0.3, -0.25) is 4.79 Å². The van der Waals surface area contributed by atoms with E-state index in [2.05, 4.69) is 9.72 Å². The van der Waals surface area contributed by atoms with Crippen LogP contribution in [0.5, 0.6) is 0 Å². The summed E-state index contributed by atoms with van der Waals surface area (Å²) in [5.74, 6) is -1.29. The van der Waals surface area contributed by atoms with Gasteiger partial charge in [-0.2, -0.15) is 0 Å². The zero-order chi connectivity index (χ0) is 14.6. The Labute approximate surface area is 107 Å². The van der Waals surface area contributed by atoms with Gasteiger partial charge in [0.25, 0.3) is 6.43 Å². The molecule has 0 amide bonds. The van der Waals surface area contributed by atoms with Crippen molar-refractivity contribution in [3.05, 3.63) is 33.0 Å². The molecule has 0 aliphatic carbocycles. The molecule has 8 heteroatoms. The largest absolute Gasteiger partial charge is 0.466 e. The number of alkyl halides is 2. The van der Waals surface area contributed by atoms with Gasteiger partial charge in [0.1, 0.15) is 6.42 Å². The summed E-state index contributed by atoms with van der Waals surface area (Å²) in [4.78, 5) is 24.7. The first-order valence-corrected chi connectivity index (χ1v) is 5.45. The van der Waals surface area contributed by atoms with Crippen molar-refractivity contribution in [3.63, 3.8) is 0 Å². The van der Waals surface area contributed by atoms with E-state index in [9.17, 15) is 23.7 Å². The van der Waals surface area contributed by atoms with Crippen molar-refractivity contribution >= 4 is 11.8 Å². The topological polar surface area (TPSA) is 82.3 Å². The van der Waals surface area contributed by atoms with E-state index in [1.165, 1.54) is 6.92 Å². The first-order chi connectivity index (χ1) is 8.86. The van der Waals surface area contributed by atoms with Crippen LogP contribution in [-0.2, 0) is 16.0 Å². The zero-order valence-electron chi connectivity index (χ0n) is 10.4. The first kappa shape index (κ1) is 14.9. The van der Waals surface area contributed by atoms with Gasteiger partial charge in [0.05, 0.1) is 12.2 Å².